The number of carbonyl (C=O) groups is 2. The minimum absolute atomic E-state index is 0.192. The molecule has 0 radical (unpaired) electrons. The Bertz CT molecular complexity index is 486. The van der Waals surface area contributed by atoms with E-state index in [2.05, 4.69) is 21.2 Å². The standard InChI is InChI=1S/C12H11BrFNO3/c13-7-1-6(2-8(14)3-7)5-15-11(16)9-4-10(9)12(17)18/h1-3,9-10H,4-5H2,(H,15,16)(H,17,18)/t9-,10+/m1/s1. The molecular weight excluding hydrogens is 305 g/mol. The summed E-state index contributed by atoms with van der Waals surface area (Å²) in [6.45, 7) is 0.192. The molecule has 1 aromatic rings. The molecule has 1 saturated carbocycles. The lowest BCUT2D eigenvalue weighted by molar-refractivity contribution is -0.140. The summed E-state index contributed by atoms with van der Waals surface area (Å²) in [4.78, 5) is 22.2. The molecule has 0 bridgehead atoms. The van der Waals surface area contributed by atoms with Crippen molar-refractivity contribution >= 4 is 27.8 Å². The normalized spacial score (nSPS) is 21.4. The van der Waals surface area contributed by atoms with Crippen LogP contribution in [0.15, 0.2) is 22.7 Å². The smallest absolute Gasteiger partial charge is 0.307 e. The van der Waals surface area contributed by atoms with Crippen molar-refractivity contribution in [3.63, 3.8) is 0 Å². The molecule has 2 atom stereocenters. The largest absolute Gasteiger partial charge is 0.481 e. The van der Waals surface area contributed by atoms with Crippen LogP contribution < -0.4 is 5.32 Å². The van der Waals surface area contributed by atoms with Gasteiger partial charge in [-0.3, -0.25) is 9.59 Å². The molecule has 1 fully saturated rings. The number of nitrogens with one attached hydrogen (secondary N) is 1. The molecule has 0 spiro atoms. The van der Waals surface area contributed by atoms with Gasteiger partial charge in [0.25, 0.3) is 0 Å². The minimum atomic E-state index is -0.941. The van der Waals surface area contributed by atoms with Gasteiger partial charge in [-0.15, -0.1) is 0 Å². The predicted octanol–water partition coefficient (Wildman–Crippen LogP) is 1.93. The SMILES string of the molecule is O=C(O)[C@H]1C[C@H]1C(=O)NCc1cc(F)cc(Br)c1. The van der Waals surface area contributed by atoms with Gasteiger partial charge in [0.05, 0.1) is 11.8 Å². The fourth-order valence-electron chi connectivity index (χ4n) is 1.79. The van der Waals surface area contributed by atoms with Gasteiger partial charge in [0.15, 0.2) is 0 Å². The summed E-state index contributed by atoms with van der Waals surface area (Å²) in [6, 6.07) is 4.35. The van der Waals surface area contributed by atoms with Crippen molar-refractivity contribution in [2.75, 3.05) is 0 Å². The van der Waals surface area contributed by atoms with Crippen LogP contribution in [0.4, 0.5) is 4.39 Å². The van der Waals surface area contributed by atoms with Crippen molar-refractivity contribution in [1.29, 1.82) is 0 Å². The summed E-state index contributed by atoms with van der Waals surface area (Å²) in [7, 11) is 0. The van der Waals surface area contributed by atoms with Crippen LogP contribution in [0.5, 0.6) is 0 Å². The van der Waals surface area contributed by atoms with E-state index in [9.17, 15) is 14.0 Å². The topological polar surface area (TPSA) is 66.4 Å². The van der Waals surface area contributed by atoms with Crippen LogP contribution in [0, 0.1) is 17.7 Å². The predicted molar refractivity (Wildman–Crippen MR) is 65.2 cm³/mol. The Kier molecular flexibility index (Phi) is 3.65. The summed E-state index contributed by atoms with van der Waals surface area (Å²) in [6.07, 6.45) is 0.383. The Hall–Kier alpha value is -1.43. The molecule has 1 aliphatic carbocycles. The number of amides is 1. The van der Waals surface area contributed by atoms with Gasteiger partial charge in [0.1, 0.15) is 5.82 Å². The Labute approximate surface area is 111 Å². The average molecular weight is 316 g/mol. The minimum Gasteiger partial charge on any atom is -0.481 e. The number of carboxylic acids is 1. The zero-order valence-corrected chi connectivity index (χ0v) is 10.9. The molecule has 0 saturated heterocycles. The molecule has 1 aromatic carbocycles. The second-order valence-electron chi connectivity index (χ2n) is 4.28. The molecule has 2 rings (SSSR count). The van der Waals surface area contributed by atoms with Gasteiger partial charge in [-0.05, 0) is 30.2 Å². The lowest BCUT2D eigenvalue weighted by Gasteiger charge is -2.05. The van der Waals surface area contributed by atoms with E-state index in [1.54, 1.807) is 6.07 Å². The van der Waals surface area contributed by atoms with Crippen molar-refractivity contribution in [2.24, 2.45) is 11.8 Å². The second kappa shape index (κ2) is 5.06. The van der Waals surface area contributed by atoms with E-state index in [-0.39, 0.29) is 18.3 Å². The number of carboxylic acid groups (broad SMARTS) is 1. The summed E-state index contributed by atoms with van der Waals surface area (Å²) >= 11 is 3.16. The first-order valence-electron chi connectivity index (χ1n) is 5.43. The number of hydrogen-bond donors (Lipinski definition) is 2. The number of hydrogen-bond acceptors (Lipinski definition) is 2. The number of rotatable bonds is 4. The van der Waals surface area contributed by atoms with Crippen LogP contribution >= 0.6 is 15.9 Å². The highest BCUT2D eigenvalue weighted by Gasteiger charge is 2.48. The first kappa shape index (κ1) is 13.0. The Morgan fingerprint density at radius 1 is 1.39 bits per heavy atom. The quantitative estimate of drug-likeness (QED) is 0.892. The van der Waals surface area contributed by atoms with Gasteiger partial charge in [-0.2, -0.15) is 0 Å². The highest BCUT2D eigenvalue weighted by Crippen LogP contribution is 2.38. The highest BCUT2D eigenvalue weighted by atomic mass is 79.9. The highest BCUT2D eigenvalue weighted by molar-refractivity contribution is 9.10. The lowest BCUT2D eigenvalue weighted by atomic mass is 10.2. The maximum absolute atomic E-state index is 13.1. The second-order valence-corrected chi connectivity index (χ2v) is 5.20. The lowest BCUT2D eigenvalue weighted by Crippen LogP contribution is -2.25. The fraction of sp³-hybridized carbons (Fsp3) is 0.333. The Morgan fingerprint density at radius 3 is 2.67 bits per heavy atom. The zero-order valence-electron chi connectivity index (χ0n) is 9.32. The third-order valence-electron chi connectivity index (χ3n) is 2.83. The van der Waals surface area contributed by atoms with E-state index in [4.69, 9.17) is 5.11 Å². The van der Waals surface area contributed by atoms with Gasteiger partial charge in [-0.25, -0.2) is 4.39 Å². The average Bonchev–Trinajstić information content (AvgIpc) is 3.04. The molecule has 0 unspecified atom stereocenters. The van der Waals surface area contributed by atoms with E-state index in [1.165, 1.54) is 12.1 Å². The van der Waals surface area contributed by atoms with Gasteiger partial charge in [-0.1, -0.05) is 15.9 Å². The van der Waals surface area contributed by atoms with Crippen LogP contribution in [0.2, 0.25) is 0 Å². The fourth-order valence-corrected chi connectivity index (χ4v) is 2.30. The molecule has 1 aliphatic rings. The molecule has 18 heavy (non-hydrogen) atoms. The molecule has 1 amide bonds. The Morgan fingerprint density at radius 2 is 2.11 bits per heavy atom. The third kappa shape index (κ3) is 3.07. The maximum Gasteiger partial charge on any atom is 0.307 e. The van der Waals surface area contributed by atoms with E-state index in [1.807, 2.05) is 0 Å². The summed E-state index contributed by atoms with van der Waals surface area (Å²) < 4.78 is 13.7. The van der Waals surface area contributed by atoms with E-state index >= 15 is 0 Å². The first-order chi connectivity index (χ1) is 8.47. The van der Waals surface area contributed by atoms with Crippen molar-refractivity contribution in [1.82, 2.24) is 5.32 Å². The van der Waals surface area contributed by atoms with E-state index in [0.717, 1.165) is 0 Å². The van der Waals surface area contributed by atoms with Crippen molar-refractivity contribution < 1.29 is 19.1 Å². The molecule has 0 heterocycles. The molecule has 4 nitrogen and oxygen atoms in total. The van der Waals surface area contributed by atoms with Crippen LogP contribution in [-0.4, -0.2) is 17.0 Å². The molecular formula is C12H11BrFNO3. The molecule has 0 aliphatic heterocycles. The van der Waals surface area contributed by atoms with Crippen LogP contribution in [0.25, 0.3) is 0 Å². The molecule has 96 valence electrons. The number of benzene rings is 1. The monoisotopic (exact) mass is 315 g/mol. The van der Waals surface area contributed by atoms with Crippen LogP contribution in [0.1, 0.15) is 12.0 Å². The van der Waals surface area contributed by atoms with Gasteiger partial charge in [0, 0.05) is 11.0 Å². The van der Waals surface area contributed by atoms with Gasteiger partial charge >= 0.3 is 5.97 Å². The van der Waals surface area contributed by atoms with Crippen molar-refractivity contribution in [3.05, 3.63) is 34.1 Å². The maximum atomic E-state index is 13.1. The van der Waals surface area contributed by atoms with Crippen molar-refractivity contribution in [3.8, 4) is 0 Å². The summed E-state index contributed by atoms with van der Waals surface area (Å²) in [5.41, 5.74) is 0.628. The molecule has 2 N–H and O–H groups in total. The molecule has 6 heteroatoms. The zero-order chi connectivity index (χ0) is 13.3. The Balaban J connectivity index is 1.88. The number of halogens is 2. The molecule has 0 aromatic heterocycles. The number of aliphatic carboxylic acids is 1. The van der Waals surface area contributed by atoms with Crippen LogP contribution in [0.3, 0.4) is 0 Å². The van der Waals surface area contributed by atoms with Crippen molar-refractivity contribution in [2.45, 2.75) is 13.0 Å². The van der Waals surface area contributed by atoms with E-state index in [0.29, 0.717) is 16.5 Å². The van der Waals surface area contributed by atoms with Gasteiger partial charge < -0.3 is 10.4 Å². The van der Waals surface area contributed by atoms with Crippen LogP contribution in [-0.2, 0) is 16.1 Å². The van der Waals surface area contributed by atoms with E-state index < -0.39 is 17.8 Å². The summed E-state index contributed by atoms with van der Waals surface area (Å²) in [5.74, 6) is -2.63. The summed E-state index contributed by atoms with van der Waals surface area (Å²) in [5, 5.41) is 11.3. The number of carbonyl (C=O) groups excluding carboxylic acids is 1. The third-order valence-corrected chi connectivity index (χ3v) is 3.29. The first-order valence-corrected chi connectivity index (χ1v) is 6.22. The van der Waals surface area contributed by atoms with Gasteiger partial charge in [0.2, 0.25) is 5.91 Å².